The number of benzene rings is 1. The summed E-state index contributed by atoms with van der Waals surface area (Å²) < 4.78 is 1.05. The van der Waals surface area contributed by atoms with Crippen molar-refractivity contribution >= 4 is 27.9 Å². The zero-order chi connectivity index (χ0) is 11.8. The largest absolute Gasteiger partial charge is 0.367 e. The summed E-state index contributed by atoms with van der Waals surface area (Å²) in [5.74, 6) is 0.897. The van der Waals surface area contributed by atoms with E-state index in [4.69, 9.17) is 0 Å². The molecule has 0 unspecified atom stereocenters. The Labute approximate surface area is 110 Å². The monoisotopic (exact) mass is 293 g/mol. The highest BCUT2D eigenvalue weighted by Gasteiger charge is 2.34. The second kappa shape index (κ2) is 4.45. The van der Waals surface area contributed by atoms with Crippen molar-refractivity contribution in [3.05, 3.63) is 28.2 Å². The van der Waals surface area contributed by atoms with Crippen molar-refractivity contribution in [2.45, 2.75) is 31.7 Å². The molecular formula is C14H16BrNO. The number of anilines is 1. The van der Waals surface area contributed by atoms with Gasteiger partial charge in [-0.25, -0.2) is 0 Å². The number of aldehydes is 1. The zero-order valence-electron chi connectivity index (χ0n) is 9.73. The van der Waals surface area contributed by atoms with Crippen molar-refractivity contribution in [1.29, 1.82) is 0 Å². The van der Waals surface area contributed by atoms with Crippen molar-refractivity contribution in [3.8, 4) is 0 Å². The van der Waals surface area contributed by atoms with Gasteiger partial charge in [0.25, 0.3) is 0 Å². The minimum atomic E-state index is 0.731. The highest BCUT2D eigenvalue weighted by Crippen LogP contribution is 2.40. The minimum absolute atomic E-state index is 0.731. The summed E-state index contributed by atoms with van der Waals surface area (Å²) in [5.41, 5.74) is 1.99. The van der Waals surface area contributed by atoms with Crippen LogP contribution in [0.5, 0.6) is 0 Å². The first-order valence-electron chi connectivity index (χ1n) is 6.29. The number of rotatable bonds is 5. The Bertz CT molecular complexity index is 438. The third-order valence-corrected chi connectivity index (χ3v) is 4.19. The molecule has 17 heavy (non-hydrogen) atoms. The van der Waals surface area contributed by atoms with E-state index in [-0.39, 0.29) is 0 Å². The van der Waals surface area contributed by atoms with Crippen LogP contribution < -0.4 is 4.90 Å². The van der Waals surface area contributed by atoms with Crippen LogP contribution in [0.25, 0.3) is 0 Å². The summed E-state index contributed by atoms with van der Waals surface area (Å²) in [5, 5.41) is 0. The molecule has 0 heterocycles. The number of carbonyl (C=O) groups is 1. The first-order valence-corrected chi connectivity index (χ1v) is 7.08. The minimum Gasteiger partial charge on any atom is -0.367 e. The Hall–Kier alpha value is -0.830. The molecule has 0 bridgehead atoms. The van der Waals surface area contributed by atoms with Crippen LogP contribution in [0.2, 0.25) is 0 Å². The summed E-state index contributed by atoms with van der Waals surface area (Å²) in [6, 6.07) is 6.64. The van der Waals surface area contributed by atoms with Crippen LogP contribution in [0.1, 0.15) is 36.0 Å². The van der Waals surface area contributed by atoms with Crippen LogP contribution in [0.15, 0.2) is 22.7 Å². The van der Waals surface area contributed by atoms with Gasteiger partial charge in [0.2, 0.25) is 0 Å². The molecule has 3 rings (SSSR count). The normalized spacial score (nSPS) is 19.1. The van der Waals surface area contributed by atoms with E-state index in [1.165, 1.54) is 37.9 Å². The van der Waals surface area contributed by atoms with Crippen LogP contribution in [0.4, 0.5) is 5.69 Å². The predicted molar refractivity (Wildman–Crippen MR) is 72.6 cm³/mol. The van der Waals surface area contributed by atoms with Crippen molar-refractivity contribution in [1.82, 2.24) is 0 Å². The molecule has 2 aliphatic rings. The van der Waals surface area contributed by atoms with Crippen LogP contribution in [0.3, 0.4) is 0 Å². The second-order valence-electron chi connectivity index (χ2n) is 5.16. The lowest BCUT2D eigenvalue weighted by Crippen LogP contribution is -2.28. The van der Waals surface area contributed by atoms with Crippen LogP contribution >= 0.6 is 15.9 Å². The number of nitrogens with zero attached hydrogens (tertiary/aromatic N) is 1. The molecule has 1 aromatic rings. The fraction of sp³-hybridized carbons (Fsp3) is 0.500. The van der Waals surface area contributed by atoms with Gasteiger partial charge in [0, 0.05) is 22.6 Å². The van der Waals surface area contributed by atoms with E-state index >= 15 is 0 Å². The van der Waals surface area contributed by atoms with Gasteiger partial charge < -0.3 is 4.90 Å². The maximum absolute atomic E-state index is 10.7. The Morgan fingerprint density at radius 2 is 2.06 bits per heavy atom. The van der Waals surface area contributed by atoms with Crippen LogP contribution in [-0.2, 0) is 0 Å². The summed E-state index contributed by atoms with van der Waals surface area (Å²) in [6.07, 6.45) is 6.29. The smallest absolute Gasteiger partial charge is 0.150 e. The molecule has 3 heteroatoms. The van der Waals surface area contributed by atoms with Gasteiger partial charge in [0.15, 0.2) is 0 Å². The Morgan fingerprint density at radius 3 is 2.59 bits per heavy atom. The molecule has 0 spiro atoms. The van der Waals surface area contributed by atoms with Gasteiger partial charge in [-0.05, 0) is 65.7 Å². The number of hydrogen-bond acceptors (Lipinski definition) is 2. The van der Waals surface area contributed by atoms with Gasteiger partial charge in [-0.15, -0.1) is 0 Å². The lowest BCUT2D eigenvalue weighted by Gasteiger charge is -2.26. The molecular weight excluding hydrogens is 278 g/mol. The number of halogens is 1. The summed E-state index contributed by atoms with van der Waals surface area (Å²) in [4.78, 5) is 13.3. The quantitative estimate of drug-likeness (QED) is 0.773. The first-order chi connectivity index (χ1) is 8.28. The Morgan fingerprint density at radius 1 is 1.29 bits per heavy atom. The molecule has 0 aromatic heterocycles. The molecule has 0 N–H and O–H groups in total. The number of carbonyl (C=O) groups excluding carboxylic acids is 1. The summed E-state index contributed by atoms with van der Waals surface area (Å²) in [6.45, 7) is 1.18. The van der Waals surface area contributed by atoms with E-state index in [1.54, 1.807) is 0 Å². The fourth-order valence-corrected chi connectivity index (χ4v) is 2.86. The first kappa shape index (κ1) is 11.3. The zero-order valence-corrected chi connectivity index (χ0v) is 11.3. The third kappa shape index (κ3) is 2.54. The molecule has 0 atom stereocenters. The topological polar surface area (TPSA) is 20.3 Å². The Balaban J connectivity index is 1.85. The summed E-state index contributed by atoms with van der Waals surface area (Å²) >= 11 is 3.59. The van der Waals surface area contributed by atoms with Crippen molar-refractivity contribution < 1.29 is 4.79 Å². The standard InChI is InChI=1S/C14H16BrNO/c15-13-7-11(9-17)3-6-14(13)16(12-4-5-12)8-10-1-2-10/h3,6-7,9-10,12H,1-2,4-5,8H2. The van der Waals surface area contributed by atoms with E-state index in [0.29, 0.717) is 0 Å². The van der Waals surface area contributed by atoms with E-state index < -0.39 is 0 Å². The van der Waals surface area contributed by atoms with Crippen molar-refractivity contribution in [2.75, 3.05) is 11.4 Å². The lowest BCUT2D eigenvalue weighted by atomic mass is 10.2. The molecule has 2 fully saturated rings. The van der Waals surface area contributed by atoms with Crippen LogP contribution in [0, 0.1) is 5.92 Å². The predicted octanol–water partition coefficient (Wildman–Crippen LogP) is 3.64. The van der Waals surface area contributed by atoms with Gasteiger partial charge in [-0.1, -0.05) is 0 Å². The van der Waals surface area contributed by atoms with Gasteiger partial charge in [0.05, 0.1) is 5.69 Å². The molecule has 2 saturated carbocycles. The second-order valence-corrected chi connectivity index (χ2v) is 6.01. The lowest BCUT2D eigenvalue weighted by molar-refractivity contribution is 0.112. The maximum Gasteiger partial charge on any atom is 0.150 e. The summed E-state index contributed by atoms with van der Waals surface area (Å²) in [7, 11) is 0. The van der Waals surface area contributed by atoms with Crippen LogP contribution in [-0.4, -0.2) is 18.9 Å². The van der Waals surface area contributed by atoms with E-state index in [9.17, 15) is 4.79 Å². The van der Waals surface area contributed by atoms with Gasteiger partial charge in [-0.3, -0.25) is 4.79 Å². The Kier molecular flexibility index (Phi) is 2.95. The van der Waals surface area contributed by atoms with Gasteiger partial charge in [-0.2, -0.15) is 0 Å². The third-order valence-electron chi connectivity index (χ3n) is 3.56. The molecule has 0 radical (unpaired) electrons. The molecule has 2 aliphatic carbocycles. The molecule has 0 saturated heterocycles. The van der Waals surface area contributed by atoms with Gasteiger partial charge >= 0.3 is 0 Å². The maximum atomic E-state index is 10.7. The molecule has 1 aromatic carbocycles. The van der Waals surface area contributed by atoms with Crippen molar-refractivity contribution in [2.24, 2.45) is 5.92 Å². The average Bonchev–Trinajstić information content (AvgIpc) is 3.18. The highest BCUT2D eigenvalue weighted by molar-refractivity contribution is 9.10. The highest BCUT2D eigenvalue weighted by atomic mass is 79.9. The fourth-order valence-electron chi connectivity index (χ4n) is 2.24. The van der Waals surface area contributed by atoms with E-state index in [0.717, 1.165) is 28.3 Å². The molecule has 2 nitrogen and oxygen atoms in total. The van der Waals surface area contributed by atoms with Crippen molar-refractivity contribution in [3.63, 3.8) is 0 Å². The van der Waals surface area contributed by atoms with E-state index in [2.05, 4.69) is 26.9 Å². The number of hydrogen-bond donors (Lipinski definition) is 0. The SMILES string of the molecule is O=Cc1ccc(N(CC2CC2)C2CC2)c(Br)c1. The molecule has 90 valence electrons. The van der Waals surface area contributed by atoms with Gasteiger partial charge in [0.1, 0.15) is 6.29 Å². The molecule has 0 amide bonds. The average molecular weight is 294 g/mol. The molecule has 0 aliphatic heterocycles. The van der Waals surface area contributed by atoms with E-state index in [1.807, 2.05) is 12.1 Å².